The van der Waals surface area contributed by atoms with Gasteiger partial charge in [-0.2, -0.15) is 0 Å². The Morgan fingerprint density at radius 3 is 2.54 bits per heavy atom. The molecule has 0 aliphatic rings. The molecule has 0 spiro atoms. The van der Waals surface area contributed by atoms with Gasteiger partial charge in [-0.15, -0.1) is 0 Å². The first-order valence-electron chi connectivity index (χ1n) is 9.04. The average molecular weight is 517 g/mol. The quantitative estimate of drug-likeness (QED) is 0.489. The number of benzene rings is 2. The Bertz CT molecular complexity index is 778. The van der Waals surface area contributed by atoms with Gasteiger partial charge in [0.05, 0.1) is 0 Å². The fraction of sp³-hybridized carbons (Fsp3) is 0.381. The number of carbonyl (C=O) groups excluding carboxylic acids is 1. The van der Waals surface area contributed by atoms with E-state index in [1.807, 2.05) is 45.0 Å². The molecular formula is C21H26ClIN2O3. The van der Waals surface area contributed by atoms with E-state index >= 15 is 0 Å². The molecular weight excluding hydrogens is 491 g/mol. The van der Waals surface area contributed by atoms with E-state index in [-0.39, 0.29) is 6.61 Å². The van der Waals surface area contributed by atoms with E-state index in [0.29, 0.717) is 23.7 Å². The molecule has 1 amide bonds. The number of nitrogens with one attached hydrogen (secondary N) is 1. The zero-order chi connectivity index (χ0) is 20.7. The Hall–Kier alpha value is -1.51. The van der Waals surface area contributed by atoms with Crippen molar-refractivity contribution in [2.24, 2.45) is 0 Å². The van der Waals surface area contributed by atoms with Crippen molar-refractivity contribution in [2.75, 3.05) is 25.0 Å². The lowest BCUT2D eigenvalue weighted by Crippen LogP contribution is -2.48. The van der Waals surface area contributed by atoms with Crippen LogP contribution < -0.4 is 5.32 Å². The van der Waals surface area contributed by atoms with Crippen LogP contribution in [0.1, 0.15) is 32.4 Å². The highest BCUT2D eigenvalue weighted by atomic mass is 127. The number of anilines is 1. The second kappa shape index (κ2) is 10.3. The lowest BCUT2D eigenvalue weighted by molar-refractivity contribution is 0.0306. The third kappa shape index (κ3) is 7.14. The van der Waals surface area contributed by atoms with Crippen molar-refractivity contribution in [1.29, 1.82) is 0 Å². The summed E-state index contributed by atoms with van der Waals surface area (Å²) in [7, 11) is 0. The minimum absolute atomic E-state index is 0.129. The minimum Gasteiger partial charge on any atom is -0.446 e. The van der Waals surface area contributed by atoms with Crippen LogP contribution in [0.5, 0.6) is 0 Å². The van der Waals surface area contributed by atoms with Crippen LogP contribution in [0.25, 0.3) is 0 Å². The van der Waals surface area contributed by atoms with Crippen molar-refractivity contribution in [3.63, 3.8) is 0 Å². The number of carbonyl (C=O) groups is 1. The SMILES string of the molecule is CC(C)(C)N(CCNc1ccc(I)cc1)C(=O)OC[C@H](O)c1cccc(Cl)c1. The molecule has 0 radical (unpaired) electrons. The molecule has 0 heterocycles. The van der Waals surface area contributed by atoms with Gasteiger partial charge in [-0.25, -0.2) is 4.79 Å². The maximum Gasteiger partial charge on any atom is 0.410 e. The zero-order valence-electron chi connectivity index (χ0n) is 16.3. The number of amides is 1. The first-order valence-corrected chi connectivity index (χ1v) is 10.5. The predicted molar refractivity (Wildman–Crippen MR) is 122 cm³/mol. The van der Waals surface area contributed by atoms with Crippen LogP contribution in [-0.2, 0) is 4.74 Å². The maximum atomic E-state index is 12.6. The summed E-state index contributed by atoms with van der Waals surface area (Å²) in [4.78, 5) is 14.3. The lowest BCUT2D eigenvalue weighted by atomic mass is 10.1. The van der Waals surface area contributed by atoms with Crippen molar-refractivity contribution in [2.45, 2.75) is 32.4 Å². The smallest absolute Gasteiger partial charge is 0.410 e. The highest BCUT2D eigenvalue weighted by molar-refractivity contribution is 14.1. The lowest BCUT2D eigenvalue weighted by Gasteiger charge is -2.35. The summed E-state index contributed by atoms with van der Waals surface area (Å²) in [5, 5.41) is 14.1. The normalized spacial score (nSPS) is 12.4. The number of nitrogens with zero attached hydrogens (tertiary/aromatic N) is 1. The number of halogens is 2. The third-order valence-corrected chi connectivity index (χ3v) is 5.09. The standard InChI is InChI=1S/C21H26ClIN2O3/c1-21(2,3)25(12-11-24-18-9-7-17(23)8-10-18)20(27)28-14-19(26)15-5-4-6-16(22)13-15/h4-10,13,19,24,26H,11-12,14H2,1-3H3/t19-/m0/s1. The first-order chi connectivity index (χ1) is 13.2. The maximum absolute atomic E-state index is 12.6. The van der Waals surface area contributed by atoms with Gasteiger partial charge in [-0.1, -0.05) is 23.7 Å². The highest BCUT2D eigenvalue weighted by Gasteiger charge is 2.28. The van der Waals surface area contributed by atoms with Crippen molar-refractivity contribution in [3.8, 4) is 0 Å². The van der Waals surface area contributed by atoms with Gasteiger partial charge in [-0.05, 0) is 85.3 Å². The minimum atomic E-state index is -0.922. The van der Waals surface area contributed by atoms with E-state index in [4.69, 9.17) is 16.3 Å². The van der Waals surface area contributed by atoms with Crippen LogP contribution >= 0.6 is 34.2 Å². The second-order valence-corrected chi connectivity index (χ2v) is 9.09. The van der Waals surface area contributed by atoms with E-state index in [2.05, 4.69) is 27.9 Å². The van der Waals surface area contributed by atoms with Gasteiger partial charge in [0.25, 0.3) is 0 Å². The fourth-order valence-electron chi connectivity index (χ4n) is 2.62. The molecule has 2 aromatic rings. The molecule has 0 aliphatic heterocycles. The van der Waals surface area contributed by atoms with Gasteiger partial charge in [0.1, 0.15) is 12.7 Å². The van der Waals surface area contributed by atoms with E-state index in [1.54, 1.807) is 29.2 Å². The summed E-state index contributed by atoms with van der Waals surface area (Å²) in [6.07, 6.45) is -1.38. The molecule has 2 rings (SSSR count). The first kappa shape index (κ1) is 22.8. The molecule has 2 N–H and O–H groups in total. The Morgan fingerprint density at radius 2 is 1.93 bits per heavy atom. The van der Waals surface area contributed by atoms with E-state index in [0.717, 1.165) is 5.69 Å². The number of ether oxygens (including phenoxy) is 1. The van der Waals surface area contributed by atoms with Gasteiger partial charge in [-0.3, -0.25) is 0 Å². The molecule has 0 aromatic heterocycles. The molecule has 0 fully saturated rings. The van der Waals surface area contributed by atoms with Crippen molar-refractivity contribution >= 4 is 46.0 Å². The molecule has 0 unspecified atom stereocenters. The Balaban J connectivity index is 1.90. The monoisotopic (exact) mass is 516 g/mol. The molecule has 2 aromatic carbocycles. The Labute approximate surface area is 185 Å². The van der Waals surface area contributed by atoms with E-state index in [9.17, 15) is 9.90 Å². The van der Waals surface area contributed by atoms with E-state index in [1.165, 1.54) is 3.57 Å². The van der Waals surface area contributed by atoms with Crippen LogP contribution in [0.3, 0.4) is 0 Å². The molecule has 7 heteroatoms. The molecule has 0 saturated carbocycles. The predicted octanol–water partition coefficient (Wildman–Crippen LogP) is 5.33. The van der Waals surface area contributed by atoms with Crippen LogP contribution in [-0.4, -0.2) is 41.3 Å². The third-order valence-electron chi connectivity index (χ3n) is 4.14. The van der Waals surface area contributed by atoms with Crippen LogP contribution in [0.2, 0.25) is 5.02 Å². The molecule has 0 saturated heterocycles. The molecule has 0 bridgehead atoms. The highest BCUT2D eigenvalue weighted by Crippen LogP contribution is 2.20. The van der Waals surface area contributed by atoms with Crippen LogP contribution in [0.4, 0.5) is 10.5 Å². The summed E-state index contributed by atoms with van der Waals surface area (Å²) in [6.45, 7) is 6.79. The Morgan fingerprint density at radius 1 is 1.25 bits per heavy atom. The average Bonchev–Trinajstić information content (AvgIpc) is 2.63. The summed E-state index contributed by atoms with van der Waals surface area (Å²) >= 11 is 8.20. The van der Waals surface area contributed by atoms with Crippen LogP contribution in [0.15, 0.2) is 48.5 Å². The summed E-state index contributed by atoms with van der Waals surface area (Å²) in [6, 6.07) is 14.9. The number of hydrogen-bond acceptors (Lipinski definition) is 4. The molecule has 28 heavy (non-hydrogen) atoms. The number of aliphatic hydroxyl groups is 1. The summed E-state index contributed by atoms with van der Waals surface area (Å²) in [5.74, 6) is 0. The molecule has 152 valence electrons. The Kier molecular flexibility index (Phi) is 8.39. The van der Waals surface area contributed by atoms with Gasteiger partial charge < -0.3 is 20.1 Å². The summed E-state index contributed by atoms with van der Waals surface area (Å²) < 4.78 is 6.54. The van der Waals surface area contributed by atoms with Crippen LogP contribution in [0, 0.1) is 3.57 Å². The molecule has 1 atom stereocenters. The fourth-order valence-corrected chi connectivity index (χ4v) is 3.18. The zero-order valence-corrected chi connectivity index (χ0v) is 19.2. The van der Waals surface area contributed by atoms with Gasteiger partial charge in [0.15, 0.2) is 0 Å². The molecule has 0 aliphatic carbocycles. The summed E-state index contributed by atoms with van der Waals surface area (Å²) in [5.41, 5.74) is 1.20. The number of rotatable bonds is 7. The van der Waals surface area contributed by atoms with Crippen molar-refractivity contribution in [1.82, 2.24) is 4.90 Å². The second-order valence-electron chi connectivity index (χ2n) is 7.40. The number of aliphatic hydroxyl groups excluding tert-OH is 1. The molecule has 5 nitrogen and oxygen atoms in total. The van der Waals surface area contributed by atoms with E-state index < -0.39 is 17.7 Å². The topological polar surface area (TPSA) is 61.8 Å². The van der Waals surface area contributed by atoms with Crippen molar-refractivity contribution < 1.29 is 14.6 Å². The van der Waals surface area contributed by atoms with Gasteiger partial charge in [0, 0.05) is 32.9 Å². The van der Waals surface area contributed by atoms with Gasteiger partial charge >= 0.3 is 6.09 Å². The van der Waals surface area contributed by atoms with Gasteiger partial charge in [0.2, 0.25) is 0 Å². The van der Waals surface area contributed by atoms with Crippen molar-refractivity contribution in [3.05, 3.63) is 62.7 Å². The number of hydrogen-bond donors (Lipinski definition) is 2. The largest absolute Gasteiger partial charge is 0.446 e.